The second-order valence-electron chi connectivity index (χ2n) is 12.9. The highest BCUT2D eigenvalue weighted by molar-refractivity contribution is 7.47. The SMILES string of the molecule is CCCCCC=CCC=CCC=CCCCCC(=O)OCC(COP(=O)(O)OCC(O)CO)OC(=O)CCCCCCCC=CCCCCCC. The molecule has 0 bridgehead atoms. The summed E-state index contributed by atoms with van der Waals surface area (Å²) in [6.07, 6.45) is 36.5. The molecule has 0 rings (SSSR count). The molecule has 0 saturated heterocycles. The molecule has 0 fully saturated rings. The second kappa shape index (κ2) is 36.3. The Kier molecular flexibility index (Phi) is 34.8. The van der Waals surface area contributed by atoms with Gasteiger partial charge in [0.1, 0.15) is 12.7 Å². The second-order valence-corrected chi connectivity index (χ2v) is 14.4. The van der Waals surface area contributed by atoms with Gasteiger partial charge >= 0.3 is 19.8 Å². The van der Waals surface area contributed by atoms with Gasteiger partial charge in [-0.1, -0.05) is 114 Å². The van der Waals surface area contributed by atoms with E-state index in [4.69, 9.17) is 19.1 Å². The van der Waals surface area contributed by atoms with Crippen LogP contribution in [0.2, 0.25) is 0 Å². The number of phosphoric ester groups is 1. The summed E-state index contributed by atoms with van der Waals surface area (Å²) < 4.78 is 32.5. The van der Waals surface area contributed by atoms with Crippen LogP contribution >= 0.6 is 7.82 Å². The van der Waals surface area contributed by atoms with Crippen molar-refractivity contribution in [2.75, 3.05) is 26.4 Å². The first-order chi connectivity index (χ1) is 24.7. The number of phosphoric acid groups is 1. The van der Waals surface area contributed by atoms with Gasteiger partial charge in [-0.2, -0.15) is 0 Å². The van der Waals surface area contributed by atoms with E-state index in [9.17, 15) is 24.2 Å². The van der Waals surface area contributed by atoms with E-state index in [0.717, 1.165) is 70.6 Å². The summed E-state index contributed by atoms with van der Waals surface area (Å²) in [5.41, 5.74) is 0. The van der Waals surface area contributed by atoms with Gasteiger partial charge in [-0.05, 0) is 77.0 Å². The van der Waals surface area contributed by atoms with E-state index in [1.165, 1.54) is 44.9 Å². The van der Waals surface area contributed by atoms with Gasteiger partial charge in [0.2, 0.25) is 0 Å². The Balaban J connectivity index is 4.45. The molecule has 296 valence electrons. The number of carbonyl (C=O) groups is 2. The van der Waals surface area contributed by atoms with Crippen molar-refractivity contribution in [3.05, 3.63) is 48.6 Å². The van der Waals surface area contributed by atoms with Crippen molar-refractivity contribution in [2.45, 2.75) is 167 Å². The van der Waals surface area contributed by atoms with Gasteiger partial charge in [0.05, 0.1) is 19.8 Å². The summed E-state index contributed by atoms with van der Waals surface area (Å²) in [7, 11) is -4.62. The fourth-order valence-electron chi connectivity index (χ4n) is 4.87. The molecule has 3 unspecified atom stereocenters. The molecule has 0 spiro atoms. The highest BCUT2D eigenvalue weighted by atomic mass is 31.2. The smallest absolute Gasteiger partial charge is 0.462 e. The lowest BCUT2D eigenvalue weighted by atomic mass is 10.1. The van der Waals surface area contributed by atoms with Crippen molar-refractivity contribution in [1.29, 1.82) is 0 Å². The lowest BCUT2D eigenvalue weighted by Crippen LogP contribution is -2.29. The zero-order valence-electron chi connectivity index (χ0n) is 31.8. The largest absolute Gasteiger partial charge is 0.472 e. The molecule has 51 heavy (non-hydrogen) atoms. The number of hydrogen-bond donors (Lipinski definition) is 3. The maximum atomic E-state index is 12.5. The van der Waals surface area contributed by atoms with Crippen LogP contribution in [0, 0.1) is 0 Å². The summed E-state index contributed by atoms with van der Waals surface area (Å²) in [4.78, 5) is 34.8. The van der Waals surface area contributed by atoms with Crippen molar-refractivity contribution in [2.24, 2.45) is 0 Å². The minimum atomic E-state index is -4.62. The first-order valence-corrected chi connectivity index (χ1v) is 21.1. The predicted octanol–water partition coefficient (Wildman–Crippen LogP) is 9.78. The standard InChI is InChI=1S/C40H71O10P/c1-3-5-7-9-11-13-15-17-18-20-21-23-25-27-29-31-39(43)47-35-38(36-49-51(45,46)48-34-37(42)33-41)50-40(44)32-30-28-26-24-22-19-16-14-12-10-8-6-4-2/h11,13-14,16-18,21,23,37-38,41-42H,3-10,12,15,19-20,22,24-36H2,1-2H3,(H,45,46). The van der Waals surface area contributed by atoms with E-state index < -0.39 is 51.8 Å². The number of allylic oxidation sites excluding steroid dienone is 8. The molecule has 0 aliphatic rings. The maximum Gasteiger partial charge on any atom is 0.472 e. The molecule has 0 aromatic carbocycles. The molecule has 0 aromatic rings. The van der Waals surface area contributed by atoms with Crippen LogP contribution in [0.4, 0.5) is 0 Å². The molecule has 0 aromatic heterocycles. The zero-order chi connectivity index (χ0) is 37.7. The number of carbonyl (C=O) groups excluding carboxylic acids is 2. The number of esters is 2. The number of rotatable bonds is 36. The molecule has 0 saturated carbocycles. The fraction of sp³-hybridized carbons (Fsp3) is 0.750. The Bertz CT molecular complexity index is 994. The molecule has 0 aliphatic heterocycles. The van der Waals surface area contributed by atoms with Crippen molar-refractivity contribution < 1.29 is 47.8 Å². The topological polar surface area (TPSA) is 149 Å². The Morgan fingerprint density at radius 3 is 1.63 bits per heavy atom. The van der Waals surface area contributed by atoms with Crippen molar-refractivity contribution in [3.63, 3.8) is 0 Å². The minimum Gasteiger partial charge on any atom is -0.462 e. The molecule has 3 atom stereocenters. The van der Waals surface area contributed by atoms with E-state index >= 15 is 0 Å². The quantitative estimate of drug-likeness (QED) is 0.0245. The van der Waals surface area contributed by atoms with Gasteiger partial charge < -0.3 is 24.6 Å². The zero-order valence-corrected chi connectivity index (χ0v) is 32.7. The van der Waals surface area contributed by atoms with Crippen LogP contribution in [0.1, 0.15) is 155 Å². The number of unbranched alkanes of at least 4 members (excludes halogenated alkanes) is 14. The van der Waals surface area contributed by atoms with Crippen LogP contribution in [0.3, 0.4) is 0 Å². The third kappa shape index (κ3) is 36.1. The highest BCUT2D eigenvalue weighted by Gasteiger charge is 2.27. The summed E-state index contributed by atoms with van der Waals surface area (Å²) in [6, 6.07) is 0. The van der Waals surface area contributed by atoms with Crippen LogP contribution in [0.5, 0.6) is 0 Å². The lowest BCUT2D eigenvalue weighted by molar-refractivity contribution is -0.161. The Hall–Kier alpha value is -2.07. The third-order valence-electron chi connectivity index (χ3n) is 7.96. The average molecular weight is 743 g/mol. The van der Waals surface area contributed by atoms with Crippen LogP contribution in [0.25, 0.3) is 0 Å². The number of ether oxygens (including phenoxy) is 2. The molecule has 0 aliphatic carbocycles. The van der Waals surface area contributed by atoms with Crippen LogP contribution in [-0.4, -0.2) is 65.7 Å². The van der Waals surface area contributed by atoms with E-state index in [-0.39, 0.29) is 19.4 Å². The van der Waals surface area contributed by atoms with Crippen molar-refractivity contribution in [1.82, 2.24) is 0 Å². The van der Waals surface area contributed by atoms with Gasteiger partial charge in [-0.25, -0.2) is 4.57 Å². The Labute approximate surface area is 309 Å². The summed E-state index contributed by atoms with van der Waals surface area (Å²) in [6.45, 7) is 2.26. The number of aliphatic hydroxyl groups excluding tert-OH is 2. The molecular formula is C40H71O10P. The first-order valence-electron chi connectivity index (χ1n) is 19.6. The van der Waals surface area contributed by atoms with E-state index in [1.54, 1.807) is 0 Å². The van der Waals surface area contributed by atoms with E-state index in [2.05, 4.69) is 67.0 Å². The summed E-state index contributed by atoms with van der Waals surface area (Å²) in [5, 5.41) is 18.3. The minimum absolute atomic E-state index is 0.164. The Morgan fingerprint density at radius 2 is 1.02 bits per heavy atom. The van der Waals surface area contributed by atoms with Crippen LogP contribution in [-0.2, 0) is 32.7 Å². The van der Waals surface area contributed by atoms with E-state index in [0.29, 0.717) is 12.8 Å². The third-order valence-corrected chi connectivity index (χ3v) is 8.91. The van der Waals surface area contributed by atoms with Gasteiger partial charge in [-0.15, -0.1) is 0 Å². The van der Waals surface area contributed by atoms with Gasteiger partial charge in [0.15, 0.2) is 6.10 Å². The van der Waals surface area contributed by atoms with Crippen molar-refractivity contribution >= 4 is 19.8 Å². The Morgan fingerprint density at radius 1 is 0.588 bits per heavy atom. The average Bonchev–Trinajstić information content (AvgIpc) is 3.12. The highest BCUT2D eigenvalue weighted by Crippen LogP contribution is 2.43. The molecule has 10 nitrogen and oxygen atoms in total. The van der Waals surface area contributed by atoms with Gasteiger partial charge in [0, 0.05) is 12.8 Å². The summed E-state index contributed by atoms with van der Waals surface area (Å²) in [5.74, 6) is -0.984. The number of hydrogen-bond acceptors (Lipinski definition) is 9. The first kappa shape index (κ1) is 48.9. The van der Waals surface area contributed by atoms with Gasteiger partial charge in [0.25, 0.3) is 0 Å². The lowest BCUT2D eigenvalue weighted by Gasteiger charge is -2.20. The van der Waals surface area contributed by atoms with Crippen molar-refractivity contribution in [3.8, 4) is 0 Å². The molecule has 0 amide bonds. The fourth-order valence-corrected chi connectivity index (χ4v) is 5.66. The summed E-state index contributed by atoms with van der Waals surface area (Å²) >= 11 is 0. The molecular weight excluding hydrogens is 671 g/mol. The predicted molar refractivity (Wildman–Crippen MR) is 205 cm³/mol. The van der Waals surface area contributed by atoms with Crippen LogP contribution in [0.15, 0.2) is 48.6 Å². The molecule has 0 radical (unpaired) electrons. The van der Waals surface area contributed by atoms with Crippen LogP contribution < -0.4 is 0 Å². The molecule has 0 heterocycles. The molecule has 3 N–H and O–H groups in total. The van der Waals surface area contributed by atoms with Gasteiger partial charge in [-0.3, -0.25) is 18.6 Å². The van der Waals surface area contributed by atoms with E-state index in [1.807, 2.05) is 0 Å². The normalized spacial score (nSPS) is 14.5. The number of aliphatic hydroxyl groups is 2. The maximum absolute atomic E-state index is 12.5. The molecule has 11 heteroatoms. The monoisotopic (exact) mass is 742 g/mol.